The van der Waals surface area contributed by atoms with E-state index in [0.717, 1.165) is 10.6 Å². The van der Waals surface area contributed by atoms with Crippen LogP contribution < -0.4 is 25.0 Å². The van der Waals surface area contributed by atoms with E-state index in [0.29, 0.717) is 36.3 Å². The molecule has 4 rings (SSSR count). The third kappa shape index (κ3) is 4.92. The Hall–Kier alpha value is -4.00. The second-order valence-electron chi connectivity index (χ2n) is 6.81. The molecule has 0 spiro atoms. The molecule has 172 valence electrons. The molecule has 0 unspecified atom stereocenters. The molecule has 1 aliphatic rings. The lowest BCUT2D eigenvalue weighted by Gasteiger charge is -2.27. The summed E-state index contributed by atoms with van der Waals surface area (Å²) in [6.07, 6.45) is 3.50. The number of amides is 2. The highest BCUT2D eigenvalue weighted by Gasteiger charge is 2.24. The third-order valence-electron chi connectivity index (χ3n) is 4.81. The average Bonchev–Trinajstić information content (AvgIpc) is 3.24. The van der Waals surface area contributed by atoms with Gasteiger partial charge in [-0.15, -0.1) is 0 Å². The highest BCUT2D eigenvalue weighted by atomic mass is 32.1. The van der Waals surface area contributed by atoms with Crippen LogP contribution in [0.3, 0.4) is 0 Å². The second kappa shape index (κ2) is 9.65. The third-order valence-corrected chi connectivity index (χ3v) is 5.81. The van der Waals surface area contributed by atoms with Gasteiger partial charge in [0.05, 0.1) is 51.0 Å². The number of fused-ring (bicyclic) bond motifs is 1. The van der Waals surface area contributed by atoms with Gasteiger partial charge in [0.15, 0.2) is 5.13 Å². The van der Waals surface area contributed by atoms with Crippen LogP contribution in [-0.2, 0) is 17.7 Å². The van der Waals surface area contributed by atoms with Crippen LogP contribution in [0.4, 0.5) is 21.4 Å². The smallest absolute Gasteiger partial charge is 0.340 e. The molecule has 0 saturated heterocycles. The molecule has 3 aromatic heterocycles. The van der Waals surface area contributed by atoms with E-state index in [9.17, 15) is 9.59 Å². The van der Waals surface area contributed by atoms with Crippen LogP contribution in [0.2, 0.25) is 0 Å². The summed E-state index contributed by atoms with van der Waals surface area (Å²) in [5.74, 6) is 0.514. The van der Waals surface area contributed by atoms with E-state index < -0.39 is 12.0 Å². The van der Waals surface area contributed by atoms with Crippen molar-refractivity contribution in [3.8, 4) is 11.9 Å². The predicted molar refractivity (Wildman–Crippen MR) is 120 cm³/mol. The van der Waals surface area contributed by atoms with Gasteiger partial charge in [0.25, 0.3) is 0 Å². The number of esters is 1. The fraction of sp³-hybridized carbons (Fsp3) is 0.300. The molecule has 4 heterocycles. The van der Waals surface area contributed by atoms with Crippen molar-refractivity contribution in [1.82, 2.24) is 19.9 Å². The molecular formula is C20H21N7O5S. The Labute approximate surface area is 193 Å². The zero-order valence-corrected chi connectivity index (χ0v) is 18.9. The van der Waals surface area contributed by atoms with E-state index in [1.54, 1.807) is 6.07 Å². The van der Waals surface area contributed by atoms with Gasteiger partial charge < -0.3 is 24.4 Å². The molecule has 0 radical (unpaired) electrons. The molecule has 3 aromatic rings. The molecule has 0 fully saturated rings. The van der Waals surface area contributed by atoms with Crippen LogP contribution in [0.15, 0.2) is 24.5 Å². The van der Waals surface area contributed by atoms with Crippen LogP contribution in [0.25, 0.3) is 0 Å². The fourth-order valence-corrected chi connectivity index (χ4v) is 4.25. The Morgan fingerprint density at radius 3 is 2.73 bits per heavy atom. The molecular weight excluding hydrogens is 450 g/mol. The maximum Gasteiger partial charge on any atom is 0.340 e. The number of thiazole rings is 1. The SMILES string of the molecule is COC(=O)c1ccncc1NC(=O)Nc1nc2c(s1)CN(c1cc(OC)nc(OC)n1)CC2. The van der Waals surface area contributed by atoms with Crippen molar-refractivity contribution in [2.75, 3.05) is 43.4 Å². The first-order chi connectivity index (χ1) is 16.0. The van der Waals surface area contributed by atoms with E-state index in [1.165, 1.54) is 51.1 Å². The van der Waals surface area contributed by atoms with Crippen LogP contribution in [0.1, 0.15) is 20.9 Å². The van der Waals surface area contributed by atoms with E-state index in [4.69, 9.17) is 14.2 Å². The summed E-state index contributed by atoms with van der Waals surface area (Å²) in [5, 5.41) is 5.77. The van der Waals surface area contributed by atoms with Crippen LogP contribution in [0.5, 0.6) is 11.9 Å². The Kier molecular flexibility index (Phi) is 6.49. The van der Waals surface area contributed by atoms with Crippen molar-refractivity contribution in [2.45, 2.75) is 13.0 Å². The number of aromatic nitrogens is 4. The van der Waals surface area contributed by atoms with Crippen molar-refractivity contribution in [3.63, 3.8) is 0 Å². The standard InChI is InChI=1S/C20H21N7O5S/c1-30-16-8-15(24-19(25-16)32-3)27-7-5-12-14(10-27)33-20(23-12)26-18(29)22-13-9-21-6-4-11(13)17(28)31-2/h4,6,8-9H,5,7,10H2,1-3H3,(H2,22,23,26,29). The molecule has 0 bridgehead atoms. The van der Waals surface area contributed by atoms with Crippen molar-refractivity contribution in [3.05, 3.63) is 40.7 Å². The predicted octanol–water partition coefficient (Wildman–Crippen LogP) is 2.34. The first-order valence-electron chi connectivity index (χ1n) is 9.81. The van der Waals surface area contributed by atoms with E-state index in [-0.39, 0.29) is 17.3 Å². The fourth-order valence-electron chi connectivity index (χ4n) is 3.23. The summed E-state index contributed by atoms with van der Waals surface area (Å²) in [6.45, 7) is 1.25. The van der Waals surface area contributed by atoms with E-state index in [1.807, 2.05) is 0 Å². The number of ether oxygens (including phenoxy) is 3. The topological polar surface area (TPSA) is 141 Å². The summed E-state index contributed by atoms with van der Waals surface area (Å²) in [7, 11) is 4.30. The minimum Gasteiger partial charge on any atom is -0.481 e. The quantitative estimate of drug-likeness (QED) is 0.515. The number of carbonyl (C=O) groups is 2. The van der Waals surface area contributed by atoms with Crippen molar-refractivity contribution < 1.29 is 23.8 Å². The zero-order valence-electron chi connectivity index (χ0n) is 18.1. The zero-order chi connectivity index (χ0) is 23.4. The van der Waals surface area contributed by atoms with Gasteiger partial charge in [-0.05, 0) is 6.07 Å². The van der Waals surface area contributed by atoms with Gasteiger partial charge in [-0.1, -0.05) is 11.3 Å². The van der Waals surface area contributed by atoms with Crippen LogP contribution >= 0.6 is 11.3 Å². The highest BCUT2D eigenvalue weighted by molar-refractivity contribution is 7.15. The molecule has 2 amide bonds. The van der Waals surface area contributed by atoms with E-state index in [2.05, 4.69) is 35.5 Å². The molecule has 12 nitrogen and oxygen atoms in total. The van der Waals surface area contributed by atoms with Gasteiger partial charge in [0.1, 0.15) is 5.82 Å². The lowest BCUT2D eigenvalue weighted by molar-refractivity contribution is 0.0602. The minimum atomic E-state index is -0.574. The van der Waals surface area contributed by atoms with Crippen molar-refractivity contribution in [1.29, 1.82) is 0 Å². The Morgan fingerprint density at radius 1 is 1.12 bits per heavy atom. The molecule has 0 saturated carbocycles. The number of methoxy groups -OCH3 is 3. The van der Waals surface area contributed by atoms with E-state index >= 15 is 0 Å². The summed E-state index contributed by atoms with van der Waals surface area (Å²) >= 11 is 1.37. The largest absolute Gasteiger partial charge is 0.481 e. The first-order valence-corrected chi connectivity index (χ1v) is 10.6. The lowest BCUT2D eigenvalue weighted by atomic mass is 10.2. The number of urea groups is 1. The maximum absolute atomic E-state index is 12.5. The number of pyridine rings is 1. The molecule has 1 aliphatic heterocycles. The van der Waals surface area contributed by atoms with Gasteiger partial charge in [-0.2, -0.15) is 9.97 Å². The number of hydrogen-bond donors (Lipinski definition) is 2. The molecule has 2 N–H and O–H groups in total. The molecule has 33 heavy (non-hydrogen) atoms. The van der Waals surface area contributed by atoms with Crippen molar-refractivity contribution >= 4 is 40.0 Å². The van der Waals surface area contributed by atoms with Crippen LogP contribution in [0, 0.1) is 0 Å². The van der Waals surface area contributed by atoms with Crippen LogP contribution in [-0.4, -0.2) is 59.8 Å². The number of nitrogens with one attached hydrogen (secondary N) is 2. The van der Waals surface area contributed by atoms with Gasteiger partial charge >= 0.3 is 18.0 Å². The monoisotopic (exact) mass is 471 g/mol. The number of rotatable bonds is 6. The number of carbonyl (C=O) groups excluding carboxylic acids is 2. The minimum absolute atomic E-state index is 0.201. The lowest BCUT2D eigenvalue weighted by Crippen LogP contribution is -2.30. The Bertz CT molecular complexity index is 1160. The molecule has 13 heteroatoms. The van der Waals surface area contributed by atoms with Crippen molar-refractivity contribution in [2.24, 2.45) is 0 Å². The number of hydrogen-bond acceptors (Lipinski definition) is 11. The summed E-state index contributed by atoms with van der Waals surface area (Å²) in [5.41, 5.74) is 1.35. The Morgan fingerprint density at radius 2 is 1.97 bits per heavy atom. The first kappa shape index (κ1) is 22.2. The average molecular weight is 471 g/mol. The number of nitrogens with zero attached hydrogens (tertiary/aromatic N) is 5. The maximum atomic E-state index is 12.5. The normalized spacial score (nSPS) is 12.5. The van der Waals surface area contributed by atoms with Gasteiger partial charge in [0, 0.05) is 30.1 Å². The van der Waals surface area contributed by atoms with Gasteiger partial charge in [-0.25, -0.2) is 14.6 Å². The molecule has 0 aliphatic carbocycles. The summed E-state index contributed by atoms with van der Waals surface area (Å²) in [6, 6.07) is 2.89. The molecule has 0 atom stereocenters. The summed E-state index contributed by atoms with van der Waals surface area (Å²) < 4.78 is 15.1. The second-order valence-corrected chi connectivity index (χ2v) is 7.89. The Balaban J connectivity index is 1.46. The van der Waals surface area contributed by atoms with Gasteiger partial charge in [-0.3, -0.25) is 10.3 Å². The molecule has 0 aromatic carbocycles. The summed E-state index contributed by atoms with van der Waals surface area (Å²) in [4.78, 5) is 44.4. The highest BCUT2D eigenvalue weighted by Crippen LogP contribution is 2.31. The number of anilines is 3. The van der Waals surface area contributed by atoms with Gasteiger partial charge in [0.2, 0.25) is 5.88 Å².